The van der Waals surface area contributed by atoms with Crippen molar-refractivity contribution in [2.75, 3.05) is 0 Å². The Morgan fingerprint density at radius 1 is 1.00 bits per heavy atom. The highest BCUT2D eigenvalue weighted by Crippen LogP contribution is 2.60. The van der Waals surface area contributed by atoms with E-state index in [2.05, 4.69) is 37.3 Å². The fourth-order valence-electron chi connectivity index (χ4n) is 6.53. The molecule has 0 atom stereocenters. The molecular formula is C25H29NO. The van der Waals surface area contributed by atoms with E-state index in [1.165, 1.54) is 49.7 Å². The molecule has 2 aromatic rings. The number of hydrogen-bond acceptors (Lipinski definition) is 2. The van der Waals surface area contributed by atoms with Gasteiger partial charge in [-0.1, -0.05) is 31.2 Å². The van der Waals surface area contributed by atoms with Crippen LogP contribution in [-0.4, -0.2) is 11.3 Å². The van der Waals surface area contributed by atoms with Crippen molar-refractivity contribution in [1.29, 1.82) is 0 Å². The van der Waals surface area contributed by atoms with E-state index < -0.39 is 0 Å². The summed E-state index contributed by atoms with van der Waals surface area (Å²) in [6.45, 7) is 2.15. The molecule has 0 aromatic heterocycles. The quantitative estimate of drug-likeness (QED) is 0.650. The highest BCUT2D eigenvalue weighted by Gasteiger charge is 2.51. The standard InChI is InChI=1S/C25H29NO/c1-2-20-5-3-4-6-23(20)26-16-21-12-22(7-8-24(21)27)25-13-17-9-18(14-25)11-19(10-17)15-25/h3-8,12,16-19,27H,2,9-11,13-15H2,1H3. The van der Waals surface area contributed by atoms with Crippen LogP contribution in [0.3, 0.4) is 0 Å². The number of hydrogen-bond donors (Lipinski definition) is 1. The van der Waals surface area contributed by atoms with Crippen molar-refractivity contribution in [3.63, 3.8) is 0 Å². The molecule has 4 fully saturated rings. The molecule has 27 heavy (non-hydrogen) atoms. The second kappa shape index (κ2) is 6.51. The summed E-state index contributed by atoms with van der Waals surface area (Å²) in [5.74, 6) is 3.12. The van der Waals surface area contributed by atoms with Crippen molar-refractivity contribution in [3.05, 3.63) is 59.2 Å². The highest BCUT2D eigenvalue weighted by molar-refractivity contribution is 5.86. The van der Waals surface area contributed by atoms with Gasteiger partial charge in [0.1, 0.15) is 5.75 Å². The topological polar surface area (TPSA) is 32.6 Å². The van der Waals surface area contributed by atoms with Crippen molar-refractivity contribution >= 4 is 11.9 Å². The number of para-hydroxylation sites is 1. The Kier molecular flexibility index (Phi) is 4.11. The molecule has 0 saturated heterocycles. The Morgan fingerprint density at radius 2 is 1.67 bits per heavy atom. The molecule has 0 unspecified atom stereocenters. The minimum atomic E-state index is 0.334. The van der Waals surface area contributed by atoms with Crippen molar-refractivity contribution in [1.82, 2.24) is 0 Å². The summed E-state index contributed by atoms with van der Waals surface area (Å²) in [4.78, 5) is 4.71. The first kappa shape index (κ1) is 17.0. The number of aryl methyl sites for hydroxylation is 1. The fourth-order valence-corrected chi connectivity index (χ4v) is 6.53. The number of rotatable bonds is 4. The summed E-state index contributed by atoms with van der Waals surface area (Å²) < 4.78 is 0. The summed E-state index contributed by atoms with van der Waals surface area (Å²) >= 11 is 0. The molecule has 4 aliphatic rings. The third-order valence-corrected chi connectivity index (χ3v) is 7.39. The first-order valence-corrected chi connectivity index (χ1v) is 10.6. The summed E-state index contributed by atoms with van der Waals surface area (Å²) in [6.07, 6.45) is 11.2. The van der Waals surface area contributed by atoms with Crippen molar-refractivity contribution in [3.8, 4) is 5.75 Å². The molecule has 1 N–H and O–H groups in total. The van der Waals surface area contributed by atoms with E-state index in [0.717, 1.165) is 35.4 Å². The monoisotopic (exact) mass is 359 g/mol. The van der Waals surface area contributed by atoms with Gasteiger partial charge in [0.05, 0.1) is 5.69 Å². The smallest absolute Gasteiger partial charge is 0.124 e. The molecule has 0 radical (unpaired) electrons. The number of phenols is 1. The highest BCUT2D eigenvalue weighted by atomic mass is 16.3. The molecule has 4 saturated carbocycles. The van der Waals surface area contributed by atoms with Gasteiger partial charge in [-0.15, -0.1) is 0 Å². The largest absolute Gasteiger partial charge is 0.507 e. The number of aliphatic imine (C=N–C) groups is 1. The molecule has 6 rings (SSSR count). The third-order valence-electron chi connectivity index (χ3n) is 7.39. The number of phenolic OH excluding ortho intramolecular Hbond substituents is 1. The molecule has 0 heterocycles. The molecule has 0 spiro atoms. The maximum atomic E-state index is 10.4. The summed E-state index contributed by atoms with van der Waals surface area (Å²) in [6, 6.07) is 14.6. The number of nitrogens with zero attached hydrogens (tertiary/aromatic N) is 1. The van der Waals surface area contributed by atoms with E-state index in [1.54, 1.807) is 0 Å². The van der Waals surface area contributed by atoms with E-state index in [1.807, 2.05) is 18.3 Å². The molecule has 140 valence electrons. The lowest BCUT2D eigenvalue weighted by molar-refractivity contribution is -0.00520. The minimum absolute atomic E-state index is 0.334. The van der Waals surface area contributed by atoms with Gasteiger partial charge in [0.2, 0.25) is 0 Å². The van der Waals surface area contributed by atoms with Crippen LogP contribution in [0.1, 0.15) is 62.1 Å². The van der Waals surface area contributed by atoms with Gasteiger partial charge in [0.25, 0.3) is 0 Å². The lowest BCUT2D eigenvalue weighted by Crippen LogP contribution is -2.48. The molecule has 4 bridgehead atoms. The van der Waals surface area contributed by atoms with Crippen LogP contribution in [0.2, 0.25) is 0 Å². The van der Waals surface area contributed by atoms with Gasteiger partial charge in [-0.3, -0.25) is 4.99 Å². The van der Waals surface area contributed by atoms with E-state index in [-0.39, 0.29) is 0 Å². The minimum Gasteiger partial charge on any atom is -0.507 e. The molecule has 2 nitrogen and oxygen atoms in total. The van der Waals surface area contributed by atoms with Gasteiger partial charge >= 0.3 is 0 Å². The summed E-state index contributed by atoms with van der Waals surface area (Å²) in [7, 11) is 0. The van der Waals surface area contributed by atoms with E-state index in [4.69, 9.17) is 4.99 Å². The second-order valence-corrected chi connectivity index (χ2v) is 9.21. The first-order chi connectivity index (χ1) is 13.1. The SMILES string of the molecule is CCc1ccccc1N=Cc1cc(C23CC4CC(CC(C4)C2)C3)ccc1O. The molecule has 0 aliphatic heterocycles. The Morgan fingerprint density at radius 3 is 2.33 bits per heavy atom. The zero-order valence-corrected chi connectivity index (χ0v) is 16.2. The van der Waals surface area contributed by atoms with Gasteiger partial charge in [-0.2, -0.15) is 0 Å². The van der Waals surface area contributed by atoms with Crippen molar-refractivity contribution in [2.45, 2.75) is 57.3 Å². The second-order valence-electron chi connectivity index (χ2n) is 9.21. The van der Waals surface area contributed by atoms with E-state index in [9.17, 15) is 5.11 Å². The molecule has 0 amide bonds. The summed E-state index contributed by atoms with van der Waals surface area (Å²) in [5.41, 5.74) is 4.88. The van der Waals surface area contributed by atoms with Gasteiger partial charge < -0.3 is 5.11 Å². The van der Waals surface area contributed by atoms with Crippen LogP contribution >= 0.6 is 0 Å². The molecule has 2 heteroatoms. The number of aromatic hydroxyl groups is 1. The predicted molar refractivity (Wildman–Crippen MR) is 111 cm³/mol. The molecular weight excluding hydrogens is 330 g/mol. The van der Waals surface area contributed by atoms with Crippen molar-refractivity contribution in [2.24, 2.45) is 22.7 Å². The van der Waals surface area contributed by atoms with Crippen LogP contribution in [0.15, 0.2) is 47.5 Å². The van der Waals surface area contributed by atoms with Crippen LogP contribution in [0.25, 0.3) is 0 Å². The van der Waals surface area contributed by atoms with Crippen LogP contribution in [-0.2, 0) is 11.8 Å². The van der Waals surface area contributed by atoms with Crippen molar-refractivity contribution < 1.29 is 5.11 Å². The molecule has 2 aromatic carbocycles. The predicted octanol–water partition coefficient (Wildman–Crippen LogP) is 6.17. The van der Waals surface area contributed by atoms with Gasteiger partial charge in [-0.25, -0.2) is 0 Å². The third kappa shape index (κ3) is 2.99. The zero-order valence-electron chi connectivity index (χ0n) is 16.2. The number of benzene rings is 2. The Hall–Kier alpha value is -2.09. The van der Waals surface area contributed by atoms with Gasteiger partial charge in [0, 0.05) is 11.8 Å². The maximum absolute atomic E-state index is 10.4. The average Bonchev–Trinajstić information content (AvgIpc) is 2.66. The molecule has 4 aliphatic carbocycles. The normalized spacial score (nSPS) is 31.7. The van der Waals surface area contributed by atoms with Crippen LogP contribution in [0.4, 0.5) is 5.69 Å². The zero-order chi connectivity index (χ0) is 18.4. The van der Waals surface area contributed by atoms with E-state index in [0.29, 0.717) is 11.2 Å². The first-order valence-electron chi connectivity index (χ1n) is 10.6. The van der Waals surface area contributed by atoms with E-state index >= 15 is 0 Å². The lowest BCUT2D eigenvalue weighted by atomic mass is 9.48. The summed E-state index contributed by atoms with van der Waals surface area (Å²) in [5, 5.41) is 10.4. The lowest BCUT2D eigenvalue weighted by Gasteiger charge is -2.57. The van der Waals surface area contributed by atoms with Crippen LogP contribution < -0.4 is 0 Å². The van der Waals surface area contributed by atoms with Gasteiger partial charge in [-0.05, 0) is 97.4 Å². The van der Waals surface area contributed by atoms with Crippen LogP contribution in [0, 0.1) is 17.8 Å². The Bertz CT molecular complexity index is 846. The Balaban J connectivity index is 1.48. The van der Waals surface area contributed by atoms with Gasteiger partial charge in [0.15, 0.2) is 0 Å². The average molecular weight is 360 g/mol. The maximum Gasteiger partial charge on any atom is 0.124 e. The fraction of sp³-hybridized carbons (Fsp3) is 0.480. The van der Waals surface area contributed by atoms with Crippen LogP contribution in [0.5, 0.6) is 5.75 Å². The Labute approximate surface area is 162 Å².